The number of hydrogen-bond donors (Lipinski definition) is 3. The molecule has 2 aromatic carbocycles. The zero-order chi connectivity index (χ0) is 24.2. The summed E-state index contributed by atoms with van der Waals surface area (Å²) in [6.07, 6.45) is 2.45. The van der Waals surface area contributed by atoms with Gasteiger partial charge < -0.3 is 20.5 Å². The maximum absolute atomic E-state index is 13.0. The lowest BCUT2D eigenvalue weighted by atomic mass is 10.0. The van der Waals surface area contributed by atoms with Crippen molar-refractivity contribution < 1.29 is 22.7 Å². The number of nitrogens with one attached hydrogen (secondary N) is 2. The second-order valence-electron chi connectivity index (χ2n) is 7.75. The highest BCUT2D eigenvalue weighted by Gasteiger charge is 2.25. The molecule has 176 valence electrons. The number of ether oxygens (including phenoxy) is 2. The molecule has 0 saturated carbocycles. The van der Waals surface area contributed by atoms with E-state index < -0.39 is 22.0 Å². The van der Waals surface area contributed by atoms with E-state index in [1.165, 1.54) is 0 Å². The Morgan fingerprint density at radius 3 is 2.55 bits per heavy atom. The molecule has 0 spiro atoms. The number of hydrogen-bond acceptors (Lipinski definition) is 8. The van der Waals surface area contributed by atoms with Crippen molar-refractivity contribution in [2.75, 3.05) is 23.9 Å². The molecule has 33 heavy (non-hydrogen) atoms. The Kier molecular flexibility index (Phi) is 7.27. The van der Waals surface area contributed by atoms with Crippen molar-refractivity contribution in [3.8, 4) is 11.5 Å². The number of amides is 1. The standard InChI is InChI=1S/C23H28N4O5S/c1-5-31-20-13-16(6-9-19(20)32-14(2)3)21(23(28)27-33(4,29)30)26-17-7-8-18-15(12-17)10-11-25-22(18)24/h6-14,21,26H,5H2,1-4H3,(H2,24,25)(H,27,28). The third kappa shape index (κ3) is 6.26. The maximum atomic E-state index is 13.0. The van der Waals surface area contributed by atoms with E-state index >= 15 is 0 Å². The number of carbonyl (C=O) groups excluding carboxylic acids is 1. The zero-order valence-corrected chi connectivity index (χ0v) is 19.8. The number of anilines is 2. The first-order valence-corrected chi connectivity index (χ1v) is 12.3. The Morgan fingerprint density at radius 2 is 1.88 bits per heavy atom. The van der Waals surface area contributed by atoms with Crippen LogP contribution in [0.3, 0.4) is 0 Å². The van der Waals surface area contributed by atoms with Crippen LogP contribution in [0.5, 0.6) is 11.5 Å². The van der Waals surface area contributed by atoms with Crippen molar-refractivity contribution in [3.05, 3.63) is 54.2 Å². The van der Waals surface area contributed by atoms with Crippen LogP contribution in [0.1, 0.15) is 32.4 Å². The van der Waals surface area contributed by atoms with Gasteiger partial charge in [0.05, 0.1) is 19.0 Å². The van der Waals surface area contributed by atoms with E-state index in [2.05, 4.69) is 15.0 Å². The van der Waals surface area contributed by atoms with Gasteiger partial charge in [0.2, 0.25) is 10.0 Å². The largest absolute Gasteiger partial charge is 0.490 e. The number of nitrogen functional groups attached to an aromatic ring is 1. The number of pyridine rings is 1. The highest BCUT2D eigenvalue weighted by Crippen LogP contribution is 2.33. The predicted molar refractivity (Wildman–Crippen MR) is 129 cm³/mol. The van der Waals surface area contributed by atoms with Crippen molar-refractivity contribution in [2.24, 2.45) is 0 Å². The Morgan fingerprint density at radius 1 is 1.12 bits per heavy atom. The quantitative estimate of drug-likeness (QED) is 0.432. The van der Waals surface area contributed by atoms with Crippen LogP contribution in [-0.4, -0.2) is 38.3 Å². The number of carbonyl (C=O) groups is 1. The molecule has 0 fully saturated rings. The summed E-state index contributed by atoms with van der Waals surface area (Å²) < 4.78 is 37.1. The number of fused-ring (bicyclic) bond motifs is 1. The molecule has 3 rings (SSSR count). The normalized spacial score (nSPS) is 12.4. The van der Waals surface area contributed by atoms with Crippen LogP contribution in [0.25, 0.3) is 10.8 Å². The number of rotatable bonds is 9. The highest BCUT2D eigenvalue weighted by molar-refractivity contribution is 7.89. The molecule has 9 nitrogen and oxygen atoms in total. The monoisotopic (exact) mass is 472 g/mol. The average molecular weight is 473 g/mol. The number of benzene rings is 2. The van der Waals surface area contributed by atoms with Gasteiger partial charge in [-0.15, -0.1) is 0 Å². The third-order valence-corrected chi connectivity index (χ3v) is 5.19. The molecule has 4 N–H and O–H groups in total. The van der Waals surface area contributed by atoms with E-state index in [4.69, 9.17) is 15.2 Å². The van der Waals surface area contributed by atoms with E-state index in [0.29, 0.717) is 35.2 Å². The summed E-state index contributed by atoms with van der Waals surface area (Å²) in [6, 6.07) is 11.2. The molecule has 0 aliphatic carbocycles. The second kappa shape index (κ2) is 9.95. The average Bonchev–Trinajstić information content (AvgIpc) is 2.72. The molecule has 1 unspecified atom stereocenters. The molecule has 10 heteroatoms. The van der Waals surface area contributed by atoms with Crippen LogP contribution in [0, 0.1) is 0 Å². The van der Waals surface area contributed by atoms with E-state index in [1.807, 2.05) is 26.8 Å². The van der Waals surface area contributed by atoms with Crippen LogP contribution in [-0.2, 0) is 14.8 Å². The van der Waals surface area contributed by atoms with Crippen molar-refractivity contribution >= 4 is 38.2 Å². The molecule has 0 radical (unpaired) electrons. The minimum atomic E-state index is -3.77. The smallest absolute Gasteiger partial charge is 0.260 e. The zero-order valence-electron chi connectivity index (χ0n) is 19.0. The van der Waals surface area contributed by atoms with Crippen LogP contribution in [0.15, 0.2) is 48.7 Å². The SMILES string of the molecule is CCOc1cc(C(Nc2ccc3c(N)nccc3c2)C(=O)NS(C)(=O)=O)ccc1OC(C)C. The number of sulfonamides is 1. The second-order valence-corrected chi connectivity index (χ2v) is 9.50. The molecule has 3 aromatic rings. The lowest BCUT2D eigenvalue weighted by molar-refractivity contribution is -0.120. The summed E-state index contributed by atoms with van der Waals surface area (Å²) in [7, 11) is -3.77. The van der Waals surface area contributed by atoms with E-state index in [-0.39, 0.29) is 6.10 Å². The summed E-state index contributed by atoms with van der Waals surface area (Å²) in [6.45, 7) is 6.03. The fourth-order valence-corrected chi connectivity index (χ4v) is 3.81. The predicted octanol–water partition coefficient (Wildman–Crippen LogP) is 3.23. The van der Waals surface area contributed by atoms with Gasteiger partial charge in [0.15, 0.2) is 11.5 Å². The van der Waals surface area contributed by atoms with Crippen LogP contribution in [0.4, 0.5) is 11.5 Å². The van der Waals surface area contributed by atoms with E-state index in [1.54, 1.807) is 42.6 Å². The Balaban J connectivity index is 2.03. The van der Waals surface area contributed by atoms with Crippen molar-refractivity contribution in [1.29, 1.82) is 0 Å². The molecular formula is C23H28N4O5S. The lowest BCUT2D eigenvalue weighted by Crippen LogP contribution is -2.37. The Hall–Kier alpha value is -3.53. The first kappa shape index (κ1) is 24.1. The number of nitrogens with zero attached hydrogens (tertiary/aromatic N) is 1. The minimum absolute atomic E-state index is 0.0722. The maximum Gasteiger partial charge on any atom is 0.260 e. The van der Waals surface area contributed by atoms with Crippen LogP contribution < -0.4 is 25.2 Å². The van der Waals surface area contributed by atoms with Gasteiger partial charge >= 0.3 is 0 Å². The van der Waals surface area contributed by atoms with E-state index in [9.17, 15) is 13.2 Å². The van der Waals surface area contributed by atoms with Gasteiger partial charge in [-0.1, -0.05) is 6.07 Å². The van der Waals surface area contributed by atoms with Gasteiger partial charge in [0, 0.05) is 17.3 Å². The highest BCUT2D eigenvalue weighted by atomic mass is 32.2. The fraction of sp³-hybridized carbons (Fsp3) is 0.304. The van der Waals surface area contributed by atoms with E-state index in [0.717, 1.165) is 17.0 Å². The first-order valence-electron chi connectivity index (χ1n) is 10.4. The van der Waals surface area contributed by atoms with Crippen molar-refractivity contribution in [3.63, 3.8) is 0 Å². The molecule has 0 bridgehead atoms. The van der Waals surface area contributed by atoms with Crippen molar-refractivity contribution in [1.82, 2.24) is 9.71 Å². The summed E-state index contributed by atoms with van der Waals surface area (Å²) in [5.41, 5.74) is 7.03. The molecule has 1 atom stereocenters. The van der Waals surface area contributed by atoms with Gasteiger partial charge in [0.25, 0.3) is 5.91 Å². The molecule has 0 aliphatic heterocycles. The van der Waals surface area contributed by atoms with Crippen LogP contribution in [0.2, 0.25) is 0 Å². The topological polar surface area (TPSA) is 133 Å². The minimum Gasteiger partial charge on any atom is -0.490 e. The number of aromatic nitrogens is 1. The number of nitrogens with two attached hydrogens (primary N) is 1. The summed E-state index contributed by atoms with van der Waals surface area (Å²) in [5, 5.41) is 4.72. The molecular weight excluding hydrogens is 444 g/mol. The summed E-state index contributed by atoms with van der Waals surface area (Å²) in [4.78, 5) is 17.0. The Labute approximate surface area is 193 Å². The molecule has 1 amide bonds. The van der Waals surface area contributed by atoms with Gasteiger partial charge in [-0.3, -0.25) is 9.52 Å². The summed E-state index contributed by atoms with van der Waals surface area (Å²) in [5.74, 6) is 0.658. The van der Waals surface area contributed by atoms with Crippen LogP contribution >= 0.6 is 0 Å². The molecule has 0 saturated heterocycles. The molecule has 0 aliphatic rings. The summed E-state index contributed by atoms with van der Waals surface area (Å²) >= 11 is 0. The van der Waals surface area contributed by atoms with Gasteiger partial charge in [-0.25, -0.2) is 13.4 Å². The fourth-order valence-electron chi connectivity index (χ4n) is 3.32. The van der Waals surface area contributed by atoms with Gasteiger partial charge in [-0.2, -0.15) is 0 Å². The third-order valence-electron chi connectivity index (χ3n) is 4.62. The lowest BCUT2D eigenvalue weighted by Gasteiger charge is -2.22. The molecule has 1 aromatic heterocycles. The first-order chi connectivity index (χ1) is 15.6. The Bertz CT molecular complexity index is 1260. The van der Waals surface area contributed by atoms with Crippen molar-refractivity contribution in [2.45, 2.75) is 32.9 Å². The van der Waals surface area contributed by atoms with Gasteiger partial charge in [0.1, 0.15) is 11.9 Å². The molecule has 1 heterocycles. The van der Waals surface area contributed by atoms with Gasteiger partial charge in [-0.05, 0) is 68.1 Å².